The van der Waals surface area contributed by atoms with Crippen LogP contribution in [-0.4, -0.2) is 40.6 Å². The quantitative estimate of drug-likeness (QED) is 0.880. The molecule has 2 unspecified atom stereocenters. The number of carbonyl (C=O) groups is 2. The second-order valence-electron chi connectivity index (χ2n) is 7.51. The summed E-state index contributed by atoms with van der Waals surface area (Å²) in [6, 6.07) is 10.8. The lowest BCUT2D eigenvalue weighted by Crippen LogP contribution is -2.48. The van der Waals surface area contributed by atoms with Gasteiger partial charge in [0.2, 0.25) is 0 Å². The van der Waals surface area contributed by atoms with Gasteiger partial charge in [-0.3, -0.25) is 4.79 Å². The number of rotatable bonds is 4. The van der Waals surface area contributed by atoms with Crippen LogP contribution in [0.3, 0.4) is 0 Å². The van der Waals surface area contributed by atoms with Crippen molar-refractivity contribution >= 4 is 12.0 Å². The van der Waals surface area contributed by atoms with Crippen molar-refractivity contribution in [2.24, 2.45) is 11.8 Å². The molecule has 5 heteroatoms. The molecule has 25 heavy (non-hydrogen) atoms. The van der Waals surface area contributed by atoms with Gasteiger partial charge in [0.1, 0.15) is 0 Å². The number of hydrogen-bond donors (Lipinski definition) is 2. The van der Waals surface area contributed by atoms with E-state index in [9.17, 15) is 9.59 Å². The molecule has 1 saturated carbocycles. The molecule has 1 aliphatic carbocycles. The third-order valence-corrected chi connectivity index (χ3v) is 5.92. The summed E-state index contributed by atoms with van der Waals surface area (Å²) in [6.45, 7) is 2.94. The van der Waals surface area contributed by atoms with Gasteiger partial charge in [-0.25, -0.2) is 4.79 Å². The molecule has 1 heterocycles. The van der Waals surface area contributed by atoms with Crippen molar-refractivity contribution < 1.29 is 14.7 Å². The normalized spacial score (nSPS) is 29.4. The van der Waals surface area contributed by atoms with Crippen molar-refractivity contribution in [1.82, 2.24) is 10.2 Å². The predicted octanol–water partition coefficient (Wildman–Crippen LogP) is 3.29. The van der Waals surface area contributed by atoms with Crippen molar-refractivity contribution in [3.8, 4) is 0 Å². The molecule has 136 valence electrons. The van der Waals surface area contributed by atoms with Gasteiger partial charge in [-0.2, -0.15) is 0 Å². The van der Waals surface area contributed by atoms with E-state index in [0.29, 0.717) is 18.8 Å². The number of hydrogen-bond acceptors (Lipinski definition) is 2. The number of benzene rings is 1. The summed E-state index contributed by atoms with van der Waals surface area (Å²) >= 11 is 0. The summed E-state index contributed by atoms with van der Waals surface area (Å²) in [4.78, 5) is 25.6. The fraction of sp³-hybridized carbons (Fsp3) is 0.600. The van der Waals surface area contributed by atoms with Crippen molar-refractivity contribution in [1.29, 1.82) is 0 Å². The van der Waals surface area contributed by atoms with Gasteiger partial charge in [-0.15, -0.1) is 0 Å². The second-order valence-corrected chi connectivity index (χ2v) is 7.51. The molecule has 1 aliphatic heterocycles. The first-order valence-electron chi connectivity index (χ1n) is 9.38. The number of carboxylic acid groups (broad SMARTS) is 1. The monoisotopic (exact) mass is 344 g/mol. The van der Waals surface area contributed by atoms with Crippen LogP contribution >= 0.6 is 0 Å². The summed E-state index contributed by atoms with van der Waals surface area (Å²) in [5, 5.41) is 12.2. The second kappa shape index (κ2) is 7.89. The molecule has 1 aromatic rings. The Bertz CT molecular complexity index is 596. The van der Waals surface area contributed by atoms with Crippen LogP contribution in [0.2, 0.25) is 0 Å². The molecule has 2 aliphatic rings. The first-order valence-corrected chi connectivity index (χ1v) is 9.38. The van der Waals surface area contributed by atoms with E-state index in [2.05, 4.69) is 36.5 Å². The molecule has 2 N–H and O–H groups in total. The molecular weight excluding hydrogens is 316 g/mol. The van der Waals surface area contributed by atoms with E-state index >= 15 is 0 Å². The Balaban J connectivity index is 1.49. The fourth-order valence-electron chi connectivity index (χ4n) is 4.22. The van der Waals surface area contributed by atoms with E-state index < -0.39 is 5.97 Å². The smallest absolute Gasteiger partial charge is 0.317 e. The summed E-state index contributed by atoms with van der Waals surface area (Å²) in [7, 11) is 0. The maximum atomic E-state index is 12.6. The molecule has 1 saturated heterocycles. The standard InChI is InChI=1S/C20H28N2O3/c1-14-17(13-15-5-3-2-4-6-15)11-12-22(14)20(25)21-18-9-7-16(8-10-18)19(23)24/h2-6,14,16-18H,7-13H2,1H3,(H,21,25)(H,23,24). The Labute approximate surface area is 149 Å². The highest BCUT2D eigenvalue weighted by atomic mass is 16.4. The summed E-state index contributed by atoms with van der Waals surface area (Å²) in [5.41, 5.74) is 1.33. The van der Waals surface area contributed by atoms with Crippen LogP contribution in [0.25, 0.3) is 0 Å². The zero-order valence-electron chi connectivity index (χ0n) is 14.9. The Kier molecular flexibility index (Phi) is 5.61. The molecule has 0 aromatic heterocycles. The molecule has 2 atom stereocenters. The molecule has 2 amide bonds. The van der Waals surface area contributed by atoms with E-state index in [1.165, 1.54) is 5.56 Å². The minimum Gasteiger partial charge on any atom is -0.481 e. The van der Waals surface area contributed by atoms with Crippen LogP contribution in [0, 0.1) is 11.8 Å². The van der Waals surface area contributed by atoms with Gasteiger partial charge >= 0.3 is 12.0 Å². The molecule has 0 radical (unpaired) electrons. The van der Waals surface area contributed by atoms with Crippen molar-refractivity contribution in [2.45, 2.75) is 57.5 Å². The lowest BCUT2D eigenvalue weighted by molar-refractivity contribution is -0.142. The molecule has 2 fully saturated rings. The number of carboxylic acids is 1. The lowest BCUT2D eigenvalue weighted by Gasteiger charge is -2.31. The first-order chi connectivity index (χ1) is 12.0. The van der Waals surface area contributed by atoms with Gasteiger partial charge in [0.25, 0.3) is 0 Å². The highest BCUT2D eigenvalue weighted by Gasteiger charge is 2.35. The fourth-order valence-corrected chi connectivity index (χ4v) is 4.22. The molecule has 0 spiro atoms. The maximum Gasteiger partial charge on any atom is 0.317 e. The first kappa shape index (κ1) is 17.8. The molecule has 3 rings (SSSR count). The summed E-state index contributed by atoms with van der Waals surface area (Å²) in [6.07, 6.45) is 4.89. The zero-order chi connectivity index (χ0) is 17.8. The SMILES string of the molecule is CC1C(Cc2ccccc2)CCN1C(=O)NC1CCC(C(=O)O)CC1. The Hall–Kier alpha value is -2.04. The highest BCUT2D eigenvalue weighted by Crippen LogP contribution is 2.29. The van der Waals surface area contributed by atoms with Crippen LogP contribution in [0.1, 0.15) is 44.6 Å². The Morgan fingerprint density at radius 3 is 2.44 bits per heavy atom. The van der Waals surface area contributed by atoms with Crippen molar-refractivity contribution in [2.75, 3.05) is 6.54 Å². The Morgan fingerprint density at radius 1 is 1.12 bits per heavy atom. The van der Waals surface area contributed by atoms with Gasteiger partial charge in [0.15, 0.2) is 0 Å². The van der Waals surface area contributed by atoms with E-state index in [4.69, 9.17) is 5.11 Å². The largest absolute Gasteiger partial charge is 0.481 e. The summed E-state index contributed by atoms with van der Waals surface area (Å²) < 4.78 is 0. The third-order valence-electron chi connectivity index (χ3n) is 5.92. The van der Waals surface area contributed by atoms with Crippen LogP contribution < -0.4 is 5.32 Å². The number of likely N-dealkylation sites (tertiary alicyclic amines) is 1. The lowest BCUT2D eigenvalue weighted by atomic mass is 9.86. The van der Waals surface area contributed by atoms with Crippen LogP contribution in [0.4, 0.5) is 4.79 Å². The molecule has 5 nitrogen and oxygen atoms in total. The average Bonchev–Trinajstić information content (AvgIpc) is 2.97. The number of aliphatic carboxylic acids is 1. The van der Waals surface area contributed by atoms with Gasteiger partial charge in [0.05, 0.1) is 5.92 Å². The summed E-state index contributed by atoms with van der Waals surface area (Å²) in [5.74, 6) is -0.452. The van der Waals surface area contributed by atoms with Gasteiger partial charge in [-0.1, -0.05) is 30.3 Å². The number of nitrogens with one attached hydrogen (secondary N) is 1. The van der Waals surface area contributed by atoms with Crippen molar-refractivity contribution in [3.63, 3.8) is 0 Å². The number of carbonyl (C=O) groups excluding carboxylic acids is 1. The van der Waals surface area contributed by atoms with Crippen LogP contribution in [0.5, 0.6) is 0 Å². The number of nitrogens with zero attached hydrogens (tertiary/aromatic N) is 1. The minimum absolute atomic E-state index is 0.0156. The van der Waals surface area contributed by atoms with Gasteiger partial charge in [-0.05, 0) is 56.9 Å². The maximum absolute atomic E-state index is 12.6. The minimum atomic E-state index is -0.707. The van der Waals surface area contributed by atoms with Gasteiger partial charge < -0.3 is 15.3 Å². The zero-order valence-corrected chi connectivity index (χ0v) is 14.9. The molecular formula is C20H28N2O3. The van der Waals surface area contributed by atoms with E-state index in [-0.39, 0.29) is 24.0 Å². The van der Waals surface area contributed by atoms with E-state index in [1.54, 1.807) is 0 Å². The average molecular weight is 344 g/mol. The predicted molar refractivity (Wildman–Crippen MR) is 96.3 cm³/mol. The molecule has 0 bridgehead atoms. The van der Waals surface area contributed by atoms with E-state index in [0.717, 1.165) is 32.2 Å². The molecule has 1 aromatic carbocycles. The van der Waals surface area contributed by atoms with Crippen LogP contribution in [-0.2, 0) is 11.2 Å². The topological polar surface area (TPSA) is 69.6 Å². The number of amides is 2. The number of urea groups is 1. The highest BCUT2D eigenvalue weighted by molar-refractivity contribution is 5.75. The van der Waals surface area contributed by atoms with Gasteiger partial charge in [0, 0.05) is 18.6 Å². The Morgan fingerprint density at radius 2 is 1.80 bits per heavy atom. The third kappa shape index (κ3) is 4.33. The van der Waals surface area contributed by atoms with Crippen LogP contribution in [0.15, 0.2) is 30.3 Å². The van der Waals surface area contributed by atoms with E-state index in [1.807, 2.05) is 11.0 Å². The van der Waals surface area contributed by atoms with Crippen molar-refractivity contribution in [3.05, 3.63) is 35.9 Å².